The second-order valence-corrected chi connectivity index (χ2v) is 3.83. The summed E-state index contributed by atoms with van der Waals surface area (Å²) in [5.74, 6) is 0. The van der Waals surface area contributed by atoms with Gasteiger partial charge in [0, 0.05) is 6.20 Å². The van der Waals surface area contributed by atoms with Gasteiger partial charge in [0.15, 0.2) is 5.58 Å². The molecule has 1 N–H and O–H groups in total. The number of para-hydroxylation sites is 1. The summed E-state index contributed by atoms with van der Waals surface area (Å²) >= 11 is 0. The molecule has 1 aromatic heterocycles. The fourth-order valence-corrected chi connectivity index (χ4v) is 1.55. The lowest BCUT2D eigenvalue weighted by atomic mass is 10.3. The van der Waals surface area contributed by atoms with Gasteiger partial charge in [-0.1, -0.05) is 35.9 Å². The molecule has 0 aliphatic rings. The predicted molar refractivity (Wildman–Crippen MR) is 73.0 cm³/mol. The van der Waals surface area contributed by atoms with Crippen LogP contribution in [0.1, 0.15) is 13.3 Å². The van der Waals surface area contributed by atoms with Crippen molar-refractivity contribution >= 4 is 17.0 Å². The lowest BCUT2D eigenvalue weighted by Crippen LogP contribution is -2.30. The first-order valence-corrected chi connectivity index (χ1v) is 5.97. The topological polar surface area (TPSA) is 64.2 Å². The molecule has 5 nitrogen and oxygen atoms in total. The van der Waals surface area contributed by atoms with Crippen molar-refractivity contribution < 1.29 is 9.32 Å². The second-order valence-electron chi connectivity index (χ2n) is 3.83. The Bertz CT molecular complexity index is 692. The minimum Gasteiger partial charge on any atom is -0.366 e. The van der Waals surface area contributed by atoms with Gasteiger partial charge >= 0.3 is 6.03 Å². The molecular weight excluding hydrogens is 244 g/mol. The number of hydrogen-bond donors (Lipinski definition) is 1. The molecule has 0 saturated carbocycles. The van der Waals surface area contributed by atoms with Crippen molar-refractivity contribution in [1.82, 2.24) is 10.1 Å². The van der Waals surface area contributed by atoms with E-state index in [1.54, 1.807) is 30.3 Å². The number of amides is 1. The van der Waals surface area contributed by atoms with Crippen LogP contribution in [-0.2, 0) is 0 Å². The number of nitrogens with one attached hydrogen (secondary N) is 1. The van der Waals surface area contributed by atoms with E-state index < -0.39 is 11.6 Å². The Balaban J connectivity index is 2.18. The van der Waals surface area contributed by atoms with Gasteiger partial charge in [-0.3, -0.25) is 4.79 Å². The molecule has 1 aromatic carbocycles. The molecule has 98 valence electrons. The summed E-state index contributed by atoms with van der Waals surface area (Å²) in [7, 11) is 0. The summed E-state index contributed by atoms with van der Waals surface area (Å²) in [6.45, 7) is 2.01. The van der Waals surface area contributed by atoms with Crippen LogP contribution in [0, 0.1) is 0 Å². The van der Waals surface area contributed by atoms with Crippen LogP contribution in [0.4, 0.5) is 4.79 Å². The average molecular weight is 258 g/mol. The minimum atomic E-state index is -0.623. The maximum atomic E-state index is 11.9. The number of hydrogen-bond acceptors (Lipinski definition) is 3. The minimum absolute atomic E-state index is 0.382. The van der Waals surface area contributed by atoms with Crippen molar-refractivity contribution in [3.63, 3.8) is 0 Å². The van der Waals surface area contributed by atoms with Gasteiger partial charge in [0.25, 0.3) is 5.56 Å². The van der Waals surface area contributed by atoms with Gasteiger partial charge < -0.3 is 9.84 Å². The number of fused-ring (bicyclic) bond motifs is 1. The molecule has 5 heteroatoms. The van der Waals surface area contributed by atoms with E-state index in [2.05, 4.69) is 5.32 Å². The maximum absolute atomic E-state index is 11.9. The predicted octanol–water partition coefficient (Wildman–Crippen LogP) is 2.63. The number of benzene rings is 1. The maximum Gasteiger partial charge on any atom is 0.362 e. The summed E-state index contributed by atoms with van der Waals surface area (Å²) in [5.41, 5.74) is -0.0805. The van der Waals surface area contributed by atoms with Crippen molar-refractivity contribution in [1.29, 1.82) is 0 Å². The molecule has 0 radical (unpaired) electrons. The molecule has 0 atom stereocenters. The Morgan fingerprint density at radius 1 is 1.37 bits per heavy atom. The van der Waals surface area contributed by atoms with E-state index in [0.717, 1.165) is 6.42 Å². The molecule has 0 saturated heterocycles. The fraction of sp³-hybridized carbons (Fsp3) is 0.143. The van der Waals surface area contributed by atoms with Gasteiger partial charge in [0.1, 0.15) is 0 Å². The highest BCUT2D eigenvalue weighted by Crippen LogP contribution is 2.08. The average Bonchev–Trinajstić information content (AvgIpc) is 2.76. The largest absolute Gasteiger partial charge is 0.366 e. The molecule has 0 fully saturated rings. The summed E-state index contributed by atoms with van der Waals surface area (Å²) < 4.78 is 5.89. The standard InChI is InChI=1S/C14H14N2O3/c1-2-3-4-7-10-15-14(18)16-13(17)11-8-5-6-9-12(11)19-16/h3-10H,2H2,1H3,(H,15,18)/b4-3+,10-7-. The molecule has 0 aliphatic carbocycles. The van der Waals surface area contributed by atoms with E-state index in [4.69, 9.17) is 4.52 Å². The Hall–Kier alpha value is -2.56. The molecule has 0 aliphatic heterocycles. The van der Waals surface area contributed by atoms with Crippen LogP contribution in [0.2, 0.25) is 0 Å². The first-order chi connectivity index (χ1) is 9.24. The Kier molecular flexibility index (Phi) is 3.97. The zero-order chi connectivity index (χ0) is 13.7. The van der Waals surface area contributed by atoms with Crippen LogP contribution in [0.3, 0.4) is 0 Å². The van der Waals surface area contributed by atoms with Crippen molar-refractivity contribution in [2.24, 2.45) is 0 Å². The SMILES string of the molecule is CC/C=C/C=C\NC(=O)n1oc2ccccc2c1=O. The van der Waals surface area contributed by atoms with E-state index in [1.807, 2.05) is 19.1 Å². The molecule has 2 rings (SSSR count). The van der Waals surface area contributed by atoms with Gasteiger partial charge in [0.2, 0.25) is 0 Å². The lowest BCUT2D eigenvalue weighted by Gasteiger charge is -1.96. The molecule has 2 aromatic rings. The Morgan fingerprint density at radius 3 is 2.89 bits per heavy atom. The molecular formula is C14H14N2O3. The molecule has 19 heavy (non-hydrogen) atoms. The quantitative estimate of drug-likeness (QED) is 0.861. The highest BCUT2D eigenvalue weighted by Gasteiger charge is 2.13. The van der Waals surface area contributed by atoms with Crippen molar-refractivity contribution in [3.05, 3.63) is 59.0 Å². The van der Waals surface area contributed by atoms with Crippen LogP contribution in [-0.4, -0.2) is 10.8 Å². The normalized spacial score (nSPS) is 11.6. The van der Waals surface area contributed by atoms with Gasteiger partial charge in [0.05, 0.1) is 5.39 Å². The molecule has 0 bridgehead atoms. The Morgan fingerprint density at radius 2 is 2.16 bits per heavy atom. The zero-order valence-electron chi connectivity index (χ0n) is 10.5. The highest BCUT2D eigenvalue weighted by atomic mass is 16.5. The molecule has 0 spiro atoms. The van der Waals surface area contributed by atoms with Crippen LogP contribution >= 0.6 is 0 Å². The van der Waals surface area contributed by atoms with Gasteiger partial charge in [-0.25, -0.2) is 4.79 Å². The first kappa shape index (κ1) is 12.9. The lowest BCUT2D eigenvalue weighted by molar-refractivity contribution is 0.217. The molecule has 1 heterocycles. The smallest absolute Gasteiger partial charge is 0.362 e. The number of carbonyl (C=O) groups excluding carboxylic acids is 1. The third-order valence-corrected chi connectivity index (χ3v) is 2.46. The third-order valence-electron chi connectivity index (χ3n) is 2.46. The van der Waals surface area contributed by atoms with Crippen LogP contribution in [0.5, 0.6) is 0 Å². The number of carbonyl (C=O) groups is 1. The number of allylic oxidation sites excluding steroid dienone is 3. The second kappa shape index (κ2) is 5.86. The third kappa shape index (κ3) is 2.82. The van der Waals surface area contributed by atoms with Gasteiger partial charge in [-0.2, -0.15) is 0 Å². The van der Waals surface area contributed by atoms with E-state index in [0.29, 0.717) is 15.7 Å². The molecule has 1 amide bonds. The Labute approximate surface area is 109 Å². The zero-order valence-corrected chi connectivity index (χ0v) is 10.5. The van der Waals surface area contributed by atoms with Crippen LogP contribution in [0.15, 0.2) is 58.0 Å². The fourth-order valence-electron chi connectivity index (χ4n) is 1.55. The van der Waals surface area contributed by atoms with Crippen molar-refractivity contribution in [3.8, 4) is 0 Å². The summed E-state index contributed by atoms with van der Waals surface area (Å²) in [6, 6.07) is 6.09. The number of rotatable bonds is 3. The summed E-state index contributed by atoms with van der Waals surface area (Å²) in [6.07, 6.45) is 7.79. The van der Waals surface area contributed by atoms with E-state index >= 15 is 0 Å². The van der Waals surface area contributed by atoms with E-state index in [9.17, 15) is 9.59 Å². The molecule has 0 unspecified atom stereocenters. The van der Waals surface area contributed by atoms with Crippen molar-refractivity contribution in [2.75, 3.05) is 0 Å². The first-order valence-electron chi connectivity index (χ1n) is 5.97. The monoisotopic (exact) mass is 258 g/mol. The highest BCUT2D eigenvalue weighted by molar-refractivity contribution is 5.82. The number of nitrogens with zero attached hydrogens (tertiary/aromatic N) is 1. The van der Waals surface area contributed by atoms with Gasteiger partial charge in [-0.15, -0.1) is 0 Å². The van der Waals surface area contributed by atoms with E-state index in [1.165, 1.54) is 6.20 Å². The van der Waals surface area contributed by atoms with Gasteiger partial charge in [-0.05, 0) is 24.6 Å². The van der Waals surface area contributed by atoms with Crippen LogP contribution < -0.4 is 10.9 Å². The number of aromatic nitrogens is 1. The summed E-state index contributed by atoms with van der Waals surface area (Å²) in [4.78, 5) is 23.6. The van der Waals surface area contributed by atoms with Crippen molar-refractivity contribution in [2.45, 2.75) is 13.3 Å². The summed E-state index contributed by atoms with van der Waals surface area (Å²) in [5, 5.41) is 2.84. The van der Waals surface area contributed by atoms with Crippen LogP contribution in [0.25, 0.3) is 11.0 Å². The van der Waals surface area contributed by atoms with E-state index in [-0.39, 0.29) is 0 Å².